The molecule has 1 saturated carbocycles. The van der Waals surface area contributed by atoms with Gasteiger partial charge in [0.25, 0.3) is 0 Å². The van der Waals surface area contributed by atoms with Crippen molar-refractivity contribution in [3.8, 4) is 0 Å². The Bertz CT molecular complexity index is 390. The first kappa shape index (κ1) is 13.8. The van der Waals surface area contributed by atoms with Crippen LogP contribution >= 0.6 is 11.3 Å². The Morgan fingerprint density at radius 2 is 2.28 bits per heavy atom. The van der Waals surface area contributed by atoms with Crippen LogP contribution in [0.1, 0.15) is 30.3 Å². The van der Waals surface area contributed by atoms with Crippen molar-refractivity contribution in [2.24, 2.45) is 5.92 Å². The number of aliphatic hydroxyl groups is 1. The van der Waals surface area contributed by atoms with E-state index in [1.807, 2.05) is 6.92 Å². The van der Waals surface area contributed by atoms with Crippen LogP contribution in [-0.2, 0) is 11.3 Å². The minimum Gasteiger partial charge on any atom is -0.391 e. The van der Waals surface area contributed by atoms with E-state index in [0.717, 1.165) is 28.2 Å². The zero-order chi connectivity index (χ0) is 13.1. The molecule has 1 aromatic rings. The monoisotopic (exact) mass is 270 g/mol. The normalized spacial score (nSPS) is 16.9. The van der Waals surface area contributed by atoms with Gasteiger partial charge in [0.15, 0.2) is 5.13 Å². The summed E-state index contributed by atoms with van der Waals surface area (Å²) in [5, 5.41) is 10.3. The number of hydrogen-bond acceptors (Lipinski definition) is 5. The molecule has 0 amide bonds. The highest BCUT2D eigenvalue weighted by Gasteiger charge is 2.33. The van der Waals surface area contributed by atoms with Crippen molar-refractivity contribution in [1.82, 2.24) is 4.98 Å². The summed E-state index contributed by atoms with van der Waals surface area (Å²) in [5.74, 6) is 0.795. The number of thiazole rings is 1. The molecule has 1 aliphatic carbocycles. The molecular weight excluding hydrogens is 248 g/mol. The number of anilines is 1. The van der Waals surface area contributed by atoms with Crippen molar-refractivity contribution in [2.45, 2.75) is 39.3 Å². The second-order valence-corrected chi connectivity index (χ2v) is 5.99. The lowest BCUT2D eigenvalue weighted by molar-refractivity contribution is 0.202. The van der Waals surface area contributed by atoms with Crippen LogP contribution in [0.4, 0.5) is 5.13 Å². The Labute approximate surface area is 113 Å². The van der Waals surface area contributed by atoms with Gasteiger partial charge in [-0.3, -0.25) is 0 Å². The van der Waals surface area contributed by atoms with Gasteiger partial charge in [-0.1, -0.05) is 11.3 Å². The molecule has 0 bridgehead atoms. The molecule has 1 aliphatic rings. The maximum Gasteiger partial charge on any atom is 0.186 e. The van der Waals surface area contributed by atoms with Gasteiger partial charge in [0.2, 0.25) is 0 Å². The highest BCUT2D eigenvalue weighted by atomic mass is 32.1. The summed E-state index contributed by atoms with van der Waals surface area (Å²) in [6, 6.07) is 0.511. The predicted octanol–water partition coefficient (Wildman–Crippen LogP) is 2.20. The van der Waals surface area contributed by atoms with Crippen molar-refractivity contribution >= 4 is 16.5 Å². The summed E-state index contributed by atoms with van der Waals surface area (Å²) in [7, 11) is 1.73. The number of rotatable bonds is 7. The van der Waals surface area contributed by atoms with Crippen molar-refractivity contribution in [3.05, 3.63) is 10.6 Å². The molecule has 1 unspecified atom stereocenters. The van der Waals surface area contributed by atoms with Gasteiger partial charge in [0.05, 0.1) is 23.8 Å². The fourth-order valence-electron chi connectivity index (χ4n) is 2.18. The number of aliphatic hydroxyl groups excluding tert-OH is 1. The first-order valence-corrected chi connectivity index (χ1v) is 7.31. The minimum atomic E-state index is 0.0828. The average Bonchev–Trinajstić information content (AvgIpc) is 3.14. The van der Waals surface area contributed by atoms with E-state index in [9.17, 15) is 5.11 Å². The van der Waals surface area contributed by atoms with Crippen LogP contribution in [0.5, 0.6) is 0 Å². The molecule has 1 atom stereocenters. The van der Waals surface area contributed by atoms with E-state index in [4.69, 9.17) is 4.74 Å². The van der Waals surface area contributed by atoms with Crippen LogP contribution in [0.2, 0.25) is 0 Å². The molecule has 102 valence electrons. The Balaban J connectivity index is 2.14. The highest BCUT2D eigenvalue weighted by molar-refractivity contribution is 7.15. The minimum absolute atomic E-state index is 0.0828. The van der Waals surface area contributed by atoms with Gasteiger partial charge in [-0.05, 0) is 32.6 Å². The fourth-order valence-corrected chi connectivity index (χ4v) is 3.21. The van der Waals surface area contributed by atoms with Crippen molar-refractivity contribution in [3.63, 3.8) is 0 Å². The summed E-state index contributed by atoms with van der Waals surface area (Å²) in [6.45, 7) is 5.89. The highest BCUT2D eigenvalue weighted by Crippen LogP contribution is 2.38. The summed E-state index contributed by atoms with van der Waals surface area (Å²) in [6.07, 6.45) is 2.64. The van der Waals surface area contributed by atoms with E-state index in [1.165, 1.54) is 12.8 Å². The summed E-state index contributed by atoms with van der Waals surface area (Å²) in [4.78, 5) is 7.89. The third kappa shape index (κ3) is 3.02. The van der Waals surface area contributed by atoms with Crippen molar-refractivity contribution in [1.29, 1.82) is 0 Å². The van der Waals surface area contributed by atoms with Gasteiger partial charge >= 0.3 is 0 Å². The van der Waals surface area contributed by atoms with E-state index in [2.05, 4.69) is 16.8 Å². The molecule has 0 spiro atoms. The number of nitrogens with zero attached hydrogens (tertiary/aromatic N) is 2. The molecule has 0 radical (unpaired) electrons. The zero-order valence-corrected chi connectivity index (χ0v) is 12.2. The number of aromatic nitrogens is 1. The van der Waals surface area contributed by atoms with Crippen LogP contribution in [-0.4, -0.2) is 36.4 Å². The predicted molar refractivity (Wildman–Crippen MR) is 74.2 cm³/mol. The van der Waals surface area contributed by atoms with Crippen molar-refractivity contribution < 1.29 is 9.84 Å². The number of methoxy groups -OCH3 is 1. The second-order valence-electron chi connectivity index (χ2n) is 4.93. The summed E-state index contributed by atoms with van der Waals surface area (Å²) in [5.41, 5.74) is 0.947. The van der Waals surface area contributed by atoms with Gasteiger partial charge in [-0.15, -0.1) is 0 Å². The number of ether oxygens (including phenoxy) is 1. The number of hydrogen-bond donors (Lipinski definition) is 1. The fraction of sp³-hybridized carbons (Fsp3) is 0.769. The molecular formula is C13H22N2O2S. The van der Waals surface area contributed by atoms with E-state index in [-0.39, 0.29) is 6.61 Å². The van der Waals surface area contributed by atoms with E-state index in [1.54, 1.807) is 18.4 Å². The van der Waals surface area contributed by atoms with Gasteiger partial charge in [0.1, 0.15) is 0 Å². The first-order valence-electron chi connectivity index (χ1n) is 6.50. The standard InChI is InChI=1S/C13H22N2O2S/c1-9-12(8-16)18-13(14-9)15(6-7-17-3)10(2)11-4-5-11/h10-11,16H,4-8H2,1-3H3. The Kier molecular flexibility index (Phi) is 4.59. The molecule has 0 aliphatic heterocycles. The average molecular weight is 270 g/mol. The van der Waals surface area contributed by atoms with E-state index < -0.39 is 0 Å². The summed E-state index contributed by atoms with van der Waals surface area (Å²) < 4.78 is 5.19. The Morgan fingerprint density at radius 3 is 2.78 bits per heavy atom. The molecule has 1 heterocycles. The lowest BCUT2D eigenvalue weighted by Crippen LogP contribution is -2.37. The van der Waals surface area contributed by atoms with Crippen LogP contribution in [0.3, 0.4) is 0 Å². The largest absolute Gasteiger partial charge is 0.391 e. The molecule has 4 nitrogen and oxygen atoms in total. The molecule has 1 fully saturated rings. The van der Waals surface area contributed by atoms with Gasteiger partial charge < -0.3 is 14.7 Å². The van der Waals surface area contributed by atoms with Gasteiger partial charge in [-0.25, -0.2) is 4.98 Å². The van der Waals surface area contributed by atoms with Crippen molar-refractivity contribution in [2.75, 3.05) is 25.2 Å². The topological polar surface area (TPSA) is 45.6 Å². The molecule has 0 aromatic carbocycles. The lowest BCUT2D eigenvalue weighted by atomic mass is 10.2. The van der Waals surface area contributed by atoms with E-state index >= 15 is 0 Å². The zero-order valence-electron chi connectivity index (χ0n) is 11.3. The molecule has 0 saturated heterocycles. The maximum atomic E-state index is 9.28. The molecule has 18 heavy (non-hydrogen) atoms. The lowest BCUT2D eigenvalue weighted by Gasteiger charge is -2.28. The quantitative estimate of drug-likeness (QED) is 0.825. The summed E-state index contributed by atoms with van der Waals surface area (Å²) >= 11 is 1.60. The van der Waals surface area contributed by atoms with E-state index in [0.29, 0.717) is 12.6 Å². The van der Waals surface area contributed by atoms with Gasteiger partial charge in [0, 0.05) is 19.7 Å². The maximum absolute atomic E-state index is 9.28. The second kappa shape index (κ2) is 5.99. The van der Waals surface area contributed by atoms with Crippen LogP contribution < -0.4 is 4.90 Å². The molecule has 1 N–H and O–H groups in total. The first-order chi connectivity index (χ1) is 8.67. The smallest absolute Gasteiger partial charge is 0.186 e. The third-order valence-electron chi connectivity index (χ3n) is 3.60. The molecule has 1 aromatic heterocycles. The Hall–Kier alpha value is -0.650. The SMILES string of the molecule is COCCN(c1nc(C)c(CO)s1)C(C)C1CC1. The van der Waals surface area contributed by atoms with Gasteiger partial charge in [-0.2, -0.15) is 0 Å². The van der Waals surface area contributed by atoms with Crippen LogP contribution in [0, 0.1) is 12.8 Å². The molecule has 5 heteroatoms. The van der Waals surface area contributed by atoms with Crippen LogP contribution in [0.25, 0.3) is 0 Å². The third-order valence-corrected chi connectivity index (χ3v) is 4.78. The number of aryl methyl sites for hydroxylation is 1. The Morgan fingerprint density at radius 1 is 1.56 bits per heavy atom. The molecule has 2 rings (SSSR count). The van der Waals surface area contributed by atoms with Crippen LogP contribution in [0.15, 0.2) is 0 Å².